The predicted octanol–water partition coefficient (Wildman–Crippen LogP) is 3.26. The molecule has 0 aliphatic carbocycles. The molecule has 122 valence electrons. The number of nitrogens with zero attached hydrogens (tertiary/aromatic N) is 1. The average Bonchev–Trinajstić information content (AvgIpc) is 2.55. The second-order valence-electron chi connectivity index (χ2n) is 4.64. The second-order valence-corrected chi connectivity index (χ2v) is 5.04. The zero-order chi connectivity index (χ0) is 17.5. The number of nitro groups is 1. The molecule has 0 saturated heterocycles. The molecular weight excluding hydrogens is 333 g/mol. The summed E-state index contributed by atoms with van der Waals surface area (Å²) >= 11 is 4.97. The number of non-ortho nitro benzene ring substituents is 1. The topological polar surface area (TPSA) is 84.3 Å². The van der Waals surface area contributed by atoms with Gasteiger partial charge in [-0.3, -0.25) is 20.2 Å². The van der Waals surface area contributed by atoms with Crippen LogP contribution in [0.3, 0.4) is 0 Å². The van der Waals surface area contributed by atoms with Crippen molar-refractivity contribution in [3.05, 3.63) is 76.1 Å². The molecule has 2 aromatic carbocycles. The molecule has 2 N–H and O–H groups in total. The Hall–Kier alpha value is -3.13. The molecule has 0 atom stereocenters. The van der Waals surface area contributed by atoms with Crippen molar-refractivity contribution in [3.63, 3.8) is 0 Å². The number of carbonyl (C=O) groups excluding carboxylic acids is 1. The fourth-order valence-corrected chi connectivity index (χ4v) is 1.98. The first kappa shape index (κ1) is 17.2. The Morgan fingerprint density at radius 1 is 1.21 bits per heavy atom. The lowest BCUT2D eigenvalue weighted by molar-refractivity contribution is -0.384. The predicted molar refractivity (Wildman–Crippen MR) is 92.9 cm³/mol. The van der Waals surface area contributed by atoms with E-state index in [9.17, 15) is 19.3 Å². The van der Waals surface area contributed by atoms with Crippen molar-refractivity contribution in [1.82, 2.24) is 5.32 Å². The number of carbonyl (C=O) groups is 1. The van der Waals surface area contributed by atoms with Crippen LogP contribution >= 0.6 is 12.2 Å². The first-order valence-corrected chi connectivity index (χ1v) is 7.15. The summed E-state index contributed by atoms with van der Waals surface area (Å²) in [6.07, 6.45) is 2.64. The maximum absolute atomic E-state index is 12.8. The third-order valence-electron chi connectivity index (χ3n) is 2.85. The van der Waals surface area contributed by atoms with Gasteiger partial charge >= 0.3 is 0 Å². The molecule has 2 aromatic rings. The Balaban J connectivity index is 1.92. The number of thiocarbonyl (C=S) groups is 1. The SMILES string of the molecule is O=C(C=Cc1cccc([N+](=O)[O-])c1)NC(=S)Nc1ccc(F)cc1. The summed E-state index contributed by atoms with van der Waals surface area (Å²) in [5.41, 5.74) is 0.979. The number of hydrogen-bond acceptors (Lipinski definition) is 4. The monoisotopic (exact) mass is 345 g/mol. The lowest BCUT2D eigenvalue weighted by Gasteiger charge is -2.07. The average molecular weight is 345 g/mol. The van der Waals surface area contributed by atoms with E-state index >= 15 is 0 Å². The van der Waals surface area contributed by atoms with Crippen molar-refractivity contribution in [2.45, 2.75) is 0 Å². The van der Waals surface area contributed by atoms with Crippen LogP contribution in [0.5, 0.6) is 0 Å². The van der Waals surface area contributed by atoms with E-state index in [4.69, 9.17) is 12.2 Å². The van der Waals surface area contributed by atoms with Crippen LogP contribution in [0.25, 0.3) is 6.08 Å². The molecule has 0 heterocycles. The summed E-state index contributed by atoms with van der Waals surface area (Å²) in [5.74, 6) is -0.878. The molecule has 0 aliphatic rings. The Morgan fingerprint density at radius 3 is 2.58 bits per heavy atom. The molecule has 2 rings (SSSR count). The van der Waals surface area contributed by atoms with Gasteiger partial charge in [0.2, 0.25) is 5.91 Å². The Morgan fingerprint density at radius 2 is 1.92 bits per heavy atom. The summed E-state index contributed by atoms with van der Waals surface area (Å²) in [5, 5.41) is 15.9. The number of halogens is 1. The number of hydrogen-bond donors (Lipinski definition) is 2. The summed E-state index contributed by atoms with van der Waals surface area (Å²) < 4.78 is 12.8. The van der Waals surface area contributed by atoms with Crippen LogP contribution in [0.4, 0.5) is 15.8 Å². The molecular formula is C16H12FN3O3S. The van der Waals surface area contributed by atoms with E-state index in [2.05, 4.69) is 10.6 Å². The number of nitrogens with one attached hydrogen (secondary N) is 2. The maximum Gasteiger partial charge on any atom is 0.270 e. The molecule has 6 nitrogen and oxygen atoms in total. The summed E-state index contributed by atoms with van der Waals surface area (Å²) in [6, 6.07) is 11.3. The van der Waals surface area contributed by atoms with Crippen molar-refractivity contribution >= 4 is 40.7 Å². The van der Waals surface area contributed by atoms with Crippen molar-refractivity contribution in [2.75, 3.05) is 5.32 Å². The van der Waals surface area contributed by atoms with Gasteiger partial charge in [-0.15, -0.1) is 0 Å². The smallest absolute Gasteiger partial charge is 0.270 e. The lowest BCUT2D eigenvalue weighted by atomic mass is 10.2. The maximum atomic E-state index is 12.8. The van der Waals surface area contributed by atoms with Crippen LogP contribution in [0.15, 0.2) is 54.6 Å². The molecule has 0 fully saturated rings. The van der Waals surface area contributed by atoms with Gasteiger partial charge in [0.1, 0.15) is 5.82 Å². The fourth-order valence-electron chi connectivity index (χ4n) is 1.76. The van der Waals surface area contributed by atoms with Gasteiger partial charge in [0.25, 0.3) is 5.69 Å². The normalized spacial score (nSPS) is 10.4. The largest absolute Gasteiger partial charge is 0.332 e. The lowest BCUT2D eigenvalue weighted by Crippen LogP contribution is -2.32. The molecule has 0 aliphatic heterocycles. The van der Waals surface area contributed by atoms with Gasteiger partial charge in [0.15, 0.2) is 5.11 Å². The van der Waals surface area contributed by atoms with Crippen LogP contribution in [0, 0.1) is 15.9 Å². The quantitative estimate of drug-likeness (QED) is 0.385. The molecule has 0 aromatic heterocycles. The molecule has 0 radical (unpaired) electrons. The van der Waals surface area contributed by atoms with E-state index < -0.39 is 10.8 Å². The van der Waals surface area contributed by atoms with Crippen LogP contribution < -0.4 is 10.6 Å². The zero-order valence-electron chi connectivity index (χ0n) is 12.2. The van der Waals surface area contributed by atoms with Crippen molar-refractivity contribution in [1.29, 1.82) is 0 Å². The van der Waals surface area contributed by atoms with Gasteiger partial charge in [-0.25, -0.2) is 4.39 Å². The molecule has 0 bridgehead atoms. The van der Waals surface area contributed by atoms with E-state index in [-0.39, 0.29) is 16.6 Å². The first-order chi connectivity index (χ1) is 11.4. The van der Waals surface area contributed by atoms with E-state index in [0.717, 1.165) is 0 Å². The molecule has 8 heteroatoms. The van der Waals surface area contributed by atoms with Gasteiger partial charge in [-0.1, -0.05) is 12.1 Å². The van der Waals surface area contributed by atoms with Crippen molar-refractivity contribution in [3.8, 4) is 0 Å². The minimum Gasteiger partial charge on any atom is -0.332 e. The van der Waals surface area contributed by atoms with Gasteiger partial charge in [-0.05, 0) is 48.1 Å². The highest BCUT2D eigenvalue weighted by atomic mass is 32.1. The van der Waals surface area contributed by atoms with Crippen LogP contribution in [-0.2, 0) is 4.79 Å². The van der Waals surface area contributed by atoms with Gasteiger partial charge in [0, 0.05) is 23.9 Å². The Bertz CT molecular complexity index is 806. The van der Waals surface area contributed by atoms with E-state index in [0.29, 0.717) is 11.3 Å². The Kier molecular flexibility index (Phi) is 5.69. The van der Waals surface area contributed by atoms with Gasteiger partial charge in [0.05, 0.1) is 4.92 Å². The molecule has 0 unspecified atom stereocenters. The number of anilines is 1. The first-order valence-electron chi connectivity index (χ1n) is 6.74. The van der Waals surface area contributed by atoms with E-state index in [1.54, 1.807) is 6.07 Å². The summed E-state index contributed by atoms with van der Waals surface area (Å²) in [4.78, 5) is 21.9. The Labute approximate surface area is 142 Å². The second kappa shape index (κ2) is 7.93. The number of amides is 1. The highest BCUT2D eigenvalue weighted by Crippen LogP contribution is 2.14. The van der Waals surface area contributed by atoms with E-state index in [1.165, 1.54) is 54.6 Å². The number of nitro benzene ring substituents is 1. The van der Waals surface area contributed by atoms with Crippen molar-refractivity contribution < 1.29 is 14.1 Å². The summed E-state index contributed by atoms with van der Waals surface area (Å²) in [7, 11) is 0. The minimum atomic E-state index is -0.515. The third-order valence-corrected chi connectivity index (χ3v) is 3.05. The fraction of sp³-hybridized carbons (Fsp3) is 0. The third kappa shape index (κ3) is 5.25. The molecule has 1 amide bonds. The highest BCUT2D eigenvalue weighted by Gasteiger charge is 2.05. The highest BCUT2D eigenvalue weighted by molar-refractivity contribution is 7.80. The zero-order valence-corrected chi connectivity index (χ0v) is 13.0. The van der Waals surface area contributed by atoms with Gasteiger partial charge in [-0.2, -0.15) is 0 Å². The minimum absolute atomic E-state index is 0.0512. The van der Waals surface area contributed by atoms with E-state index in [1.807, 2.05) is 0 Å². The molecule has 24 heavy (non-hydrogen) atoms. The van der Waals surface area contributed by atoms with Crippen LogP contribution in [0.1, 0.15) is 5.56 Å². The standard InChI is InChI=1S/C16H12FN3O3S/c17-12-5-7-13(8-6-12)18-16(24)19-15(21)9-4-11-2-1-3-14(10-11)20(22)23/h1-10H,(H2,18,19,21,24). The number of rotatable bonds is 4. The summed E-state index contributed by atoms with van der Waals surface area (Å²) in [6.45, 7) is 0. The van der Waals surface area contributed by atoms with Gasteiger partial charge < -0.3 is 5.32 Å². The molecule has 0 saturated carbocycles. The van der Waals surface area contributed by atoms with Crippen molar-refractivity contribution in [2.24, 2.45) is 0 Å². The number of benzene rings is 2. The van der Waals surface area contributed by atoms with Crippen LogP contribution in [-0.4, -0.2) is 15.9 Å². The van der Waals surface area contributed by atoms with Crippen LogP contribution in [0.2, 0.25) is 0 Å². The molecule has 0 spiro atoms.